The van der Waals surface area contributed by atoms with Crippen LogP contribution in [0.15, 0.2) is 12.1 Å². The van der Waals surface area contributed by atoms with Crippen LogP contribution in [0.2, 0.25) is 0 Å². The molecule has 1 aromatic carbocycles. The molecule has 0 amide bonds. The number of ether oxygens (including phenoxy) is 1. The molecule has 0 saturated carbocycles. The highest BCUT2D eigenvalue weighted by molar-refractivity contribution is 14.1. The third-order valence-electron chi connectivity index (χ3n) is 2.15. The Balaban J connectivity index is 2.61. The molecule has 0 spiro atoms. The number of carboxylic acid groups (broad SMARTS) is 1. The van der Waals surface area contributed by atoms with E-state index in [9.17, 15) is 4.79 Å². The topological polar surface area (TPSA) is 72.5 Å². The monoisotopic (exact) mass is 493 g/mol. The van der Waals surface area contributed by atoms with Crippen LogP contribution in [0.5, 0.6) is 5.75 Å². The Morgan fingerprint density at radius 2 is 2.06 bits per heavy atom. The maximum Gasteiger partial charge on any atom is 0.321 e. The number of rotatable bonds is 6. The van der Waals surface area contributed by atoms with E-state index in [0.717, 1.165) is 24.2 Å². The minimum atomic E-state index is -0.957. The molecular weight excluding hydrogens is 480 g/mol. The minimum absolute atomic E-state index is 0.411. The first-order chi connectivity index (χ1) is 8.45. The maximum absolute atomic E-state index is 10.6. The third-order valence-corrected chi connectivity index (χ3v) is 4.88. The maximum atomic E-state index is 10.6. The van der Waals surface area contributed by atoms with Crippen molar-refractivity contribution in [1.82, 2.24) is 0 Å². The van der Waals surface area contributed by atoms with Crippen molar-refractivity contribution in [2.45, 2.75) is 11.8 Å². The highest BCUT2D eigenvalue weighted by Gasteiger charge is 2.12. The molecule has 1 atom stereocenters. The van der Waals surface area contributed by atoms with Crippen LogP contribution < -0.4 is 10.5 Å². The average molecular weight is 493 g/mol. The summed E-state index contributed by atoms with van der Waals surface area (Å²) in [5, 5.41) is 8.68. The SMILES string of the molecule is COc1c(I)cc(CSC[C@H](N)C(=O)O)cc1I. The van der Waals surface area contributed by atoms with Gasteiger partial charge in [-0.15, -0.1) is 0 Å². The van der Waals surface area contributed by atoms with E-state index in [2.05, 4.69) is 45.2 Å². The van der Waals surface area contributed by atoms with Gasteiger partial charge in [-0.1, -0.05) is 0 Å². The van der Waals surface area contributed by atoms with Gasteiger partial charge in [-0.2, -0.15) is 11.8 Å². The predicted molar refractivity (Wildman–Crippen MR) is 90.2 cm³/mol. The zero-order chi connectivity index (χ0) is 13.7. The smallest absolute Gasteiger partial charge is 0.321 e. The lowest BCUT2D eigenvalue weighted by Crippen LogP contribution is -2.32. The van der Waals surface area contributed by atoms with Crippen LogP contribution in [0.25, 0.3) is 0 Å². The van der Waals surface area contributed by atoms with E-state index < -0.39 is 12.0 Å². The number of nitrogens with two attached hydrogens (primary N) is 1. The molecule has 1 rings (SSSR count). The summed E-state index contributed by atoms with van der Waals surface area (Å²) < 4.78 is 7.40. The van der Waals surface area contributed by atoms with Crippen molar-refractivity contribution in [3.63, 3.8) is 0 Å². The molecule has 0 aliphatic carbocycles. The normalized spacial score (nSPS) is 12.2. The van der Waals surface area contributed by atoms with Gasteiger partial charge in [0.2, 0.25) is 0 Å². The van der Waals surface area contributed by atoms with Gasteiger partial charge in [0.05, 0.1) is 14.3 Å². The summed E-state index contributed by atoms with van der Waals surface area (Å²) in [4.78, 5) is 10.6. The molecule has 3 N–H and O–H groups in total. The molecule has 0 radical (unpaired) electrons. The Labute approximate surface area is 137 Å². The van der Waals surface area contributed by atoms with E-state index in [1.165, 1.54) is 11.8 Å². The van der Waals surface area contributed by atoms with Gasteiger partial charge >= 0.3 is 5.97 Å². The first-order valence-electron chi connectivity index (χ1n) is 5.03. The van der Waals surface area contributed by atoms with Crippen molar-refractivity contribution in [2.75, 3.05) is 12.9 Å². The Kier molecular flexibility index (Phi) is 7.03. The number of hydrogen-bond acceptors (Lipinski definition) is 4. The van der Waals surface area contributed by atoms with Crippen LogP contribution in [-0.2, 0) is 10.5 Å². The first-order valence-corrected chi connectivity index (χ1v) is 8.35. The van der Waals surface area contributed by atoms with Crippen LogP contribution in [0, 0.1) is 7.14 Å². The highest BCUT2D eigenvalue weighted by atomic mass is 127. The van der Waals surface area contributed by atoms with Crippen LogP contribution in [0.3, 0.4) is 0 Å². The molecule has 0 aliphatic rings. The second-order valence-corrected chi connectivity index (χ2v) is 6.91. The molecular formula is C11H13I2NO3S. The second-order valence-electron chi connectivity index (χ2n) is 3.55. The number of aliphatic carboxylic acids is 1. The second kappa shape index (κ2) is 7.75. The van der Waals surface area contributed by atoms with Gasteiger partial charge in [-0.25, -0.2) is 0 Å². The van der Waals surface area contributed by atoms with Crippen molar-refractivity contribution in [2.24, 2.45) is 5.73 Å². The fourth-order valence-corrected chi connectivity index (χ4v) is 4.52. The molecule has 0 bridgehead atoms. The Morgan fingerprint density at radius 1 is 1.50 bits per heavy atom. The first kappa shape index (κ1) is 16.3. The number of methoxy groups -OCH3 is 1. The number of carbonyl (C=O) groups is 1. The Hall–Kier alpha value is 0.260. The molecule has 0 fully saturated rings. The fourth-order valence-electron chi connectivity index (χ4n) is 1.27. The number of hydrogen-bond donors (Lipinski definition) is 2. The van der Waals surface area contributed by atoms with Crippen molar-refractivity contribution in [3.8, 4) is 5.75 Å². The standard InChI is InChI=1S/C11H13I2NO3S/c1-17-10-7(12)2-6(3-8(10)13)4-18-5-9(14)11(15)16/h2-3,9H,4-5,14H2,1H3,(H,15,16)/t9-/m0/s1. The number of thioether (sulfide) groups is 1. The van der Waals surface area contributed by atoms with Crippen LogP contribution in [0.4, 0.5) is 0 Å². The fraction of sp³-hybridized carbons (Fsp3) is 0.364. The number of carboxylic acids is 1. The summed E-state index contributed by atoms with van der Waals surface area (Å²) in [6, 6.07) is 3.29. The van der Waals surface area contributed by atoms with Gasteiger partial charge in [0.15, 0.2) is 0 Å². The summed E-state index contributed by atoms with van der Waals surface area (Å²) in [5.41, 5.74) is 6.59. The van der Waals surface area contributed by atoms with Crippen molar-refractivity contribution >= 4 is 62.9 Å². The molecule has 100 valence electrons. The molecule has 0 heterocycles. The molecule has 0 aliphatic heterocycles. The Bertz CT molecular complexity index is 419. The zero-order valence-corrected chi connectivity index (χ0v) is 14.8. The average Bonchev–Trinajstić information content (AvgIpc) is 2.28. The summed E-state index contributed by atoms with van der Waals surface area (Å²) in [6.07, 6.45) is 0. The van der Waals surface area contributed by atoms with E-state index in [1.807, 2.05) is 12.1 Å². The van der Waals surface area contributed by atoms with Crippen LogP contribution in [0.1, 0.15) is 5.56 Å². The summed E-state index contributed by atoms with van der Waals surface area (Å²) >= 11 is 5.98. The van der Waals surface area contributed by atoms with Gasteiger partial charge in [0.25, 0.3) is 0 Å². The highest BCUT2D eigenvalue weighted by Crippen LogP contribution is 2.29. The molecule has 7 heteroatoms. The van der Waals surface area contributed by atoms with Crippen molar-refractivity contribution < 1.29 is 14.6 Å². The van der Waals surface area contributed by atoms with Crippen molar-refractivity contribution in [3.05, 3.63) is 24.8 Å². The van der Waals surface area contributed by atoms with Gasteiger partial charge in [-0.3, -0.25) is 4.79 Å². The lowest BCUT2D eigenvalue weighted by Gasteiger charge is -2.10. The quantitative estimate of drug-likeness (QED) is 0.597. The summed E-state index contributed by atoms with van der Waals surface area (Å²) in [5.74, 6) is 1.08. The minimum Gasteiger partial charge on any atom is -0.495 e. The number of halogens is 2. The summed E-state index contributed by atoms with van der Waals surface area (Å²) in [7, 11) is 1.65. The predicted octanol–water partition coefficient (Wildman–Crippen LogP) is 2.55. The number of benzene rings is 1. The van der Waals surface area contributed by atoms with Crippen LogP contribution in [-0.4, -0.2) is 30.0 Å². The summed E-state index contributed by atoms with van der Waals surface area (Å²) in [6.45, 7) is 0. The van der Waals surface area contributed by atoms with Gasteiger partial charge < -0.3 is 15.6 Å². The zero-order valence-electron chi connectivity index (χ0n) is 9.65. The molecule has 0 saturated heterocycles. The molecule has 18 heavy (non-hydrogen) atoms. The molecule has 1 aromatic rings. The van der Waals surface area contributed by atoms with Gasteiger partial charge in [0.1, 0.15) is 11.8 Å². The van der Waals surface area contributed by atoms with E-state index in [1.54, 1.807) is 7.11 Å². The molecule has 0 aromatic heterocycles. The molecule has 4 nitrogen and oxygen atoms in total. The third kappa shape index (κ3) is 4.74. The van der Waals surface area contributed by atoms with E-state index in [0.29, 0.717) is 5.75 Å². The molecule has 0 unspecified atom stereocenters. The largest absolute Gasteiger partial charge is 0.495 e. The van der Waals surface area contributed by atoms with E-state index >= 15 is 0 Å². The van der Waals surface area contributed by atoms with E-state index in [-0.39, 0.29) is 0 Å². The van der Waals surface area contributed by atoms with Gasteiger partial charge in [0, 0.05) is 11.5 Å². The lowest BCUT2D eigenvalue weighted by molar-refractivity contribution is -0.137. The lowest BCUT2D eigenvalue weighted by atomic mass is 10.2. The van der Waals surface area contributed by atoms with Crippen LogP contribution >= 0.6 is 56.9 Å². The van der Waals surface area contributed by atoms with E-state index in [4.69, 9.17) is 15.6 Å². The Morgan fingerprint density at radius 3 is 2.50 bits per heavy atom. The van der Waals surface area contributed by atoms with Crippen molar-refractivity contribution in [1.29, 1.82) is 0 Å². The van der Waals surface area contributed by atoms with Gasteiger partial charge in [-0.05, 0) is 62.9 Å².